The number of rotatable bonds is 6. The third-order valence-electron chi connectivity index (χ3n) is 4.69. The molecule has 0 aliphatic carbocycles. The van der Waals surface area contributed by atoms with Gasteiger partial charge in [-0.05, 0) is 42.8 Å². The van der Waals surface area contributed by atoms with Gasteiger partial charge in [-0.3, -0.25) is 0 Å². The van der Waals surface area contributed by atoms with Crippen molar-refractivity contribution in [3.63, 3.8) is 0 Å². The molecule has 1 aromatic carbocycles. The molecule has 10 nitrogen and oxygen atoms in total. The lowest BCUT2D eigenvalue weighted by Gasteiger charge is -2.09. The van der Waals surface area contributed by atoms with Crippen molar-refractivity contribution in [2.45, 2.75) is 13.3 Å². The minimum absolute atomic E-state index is 0.0320. The van der Waals surface area contributed by atoms with Crippen LogP contribution >= 0.6 is 11.6 Å². The maximum Gasteiger partial charge on any atom is 0.358 e. The topological polar surface area (TPSA) is 133 Å². The molecule has 0 atom stereocenters. The van der Waals surface area contributed by atoms with Gasteiger partial charge in [0.2, 0.25) is 5.89 Å². The number of aryl methyl sites for hydroxylation is 1. The Morgan fingerprint density at radius 3 is 2.74 bits per heavy atom. The standard InChI is InChI=1S/C21H14ClF2N5O5/c1-9-6-10(16(20(30)31)28-33-2)7-11-15(9)26-19(34-21(11)32)14-8-13(17(23)24)27-29(14)18-12(22)4-3-5-25-18/h3-8,17H,1-2H3,(H,30,31)/b28-16-. The average molecular weight is 490 g/mol. The summed E-state index contributed by atoms with van der Waals surface area (Å²) in [7, 11) is 1.18. The minimum atomic E-state index is -2.92. The summed E-state index contributed by atoms with van der Waals surface area (Å²) >= 11 is 6.16. The van der Waals surface area contributed by atoms with Gasteiger partial charge >= 0.3 is 11.6 Å². The van der Waals surface area contributed by atoms with Gasteiger partial charge < -0.3 is 14.4 Å². The molecule has 0 aliphatic rings. The number of hydrogen-bond donors (Lipinski definition) is 1. The summed E-state index contributed by atoms with van der Waals surface area (Å²) in [4.78, 5) is 37.3. The van der Waals surface area contributed by atoms with Crippen LogP contribution < -0.4 is 5.63 Å². The van der Waals surface area contributed by atoms with Crippen molar-refractivity contribution in [1.82, 2.24) is 19.7 Å². The van der Waals surface area contributed by atoms with Crippen LogP contribution in [0.25, 0.3) is 28.3 Å². The number of aromatic nitrogens is 4. The molecule has 3 aromatic heterocycles. The number of carboxylic acids is 1. The number of carboxylic acid groups (broad SMARTS) is 1. The third kappa shape index (κ3) is 4.10. The highest BCUT2D eigenvalue weighted by atomic mass is 35.5. The normalized spacial score (nSPS) is 11.9. The zero-order valence-corrected chi connectivity index (χ0v) is 18.2. The number of benzene rings is 1. The molecule has 0 spiro atoms. The van der Waals surface area contributed by atoms with Crippen LogP contribution in [0.15, 0.2) is 50.9 Å². The fourth-order valence-corrected chi connectivity index (χ4v) is 3.46. The fraction of sp³-hybridized carbons (Fsp3) is 0.143. The number of carbonyl (C=O) groups is 1. The van der Waals surface area contributed by atoms with E-state index in [-0.39, 0.29) is 38.9 Å². The molecule has 0 bridgehead atoms. The molecular formula is C21H14ClF2N5O5. The summed E-state index contributed by atoms with van der Waals surface area (Å²) in [6.07, 6.45) is -1.53. The van der Waals surface area contributed by atoms with Crippen LogP contribution in [0.3, 0.4) is 0 Å². The molecule has 4 rings (SSSR count). The Hall–Kier alpha value is -4.19. The highest BCUT2D eigenvalue weighted by molar-refractivity contribution is 6.42. The first-order valence-electron chi connectivity index (χ1n) is 9.51. The average Bonchev–Trinajstić information content (AvgIpc) is 3.23. The van der Waals surface area contributed by atoms with E-state index in [0.717, 1.165) is 10.7 Å². The Labute approximate surface area is 194 Å². The van der Waals surface area contributed by atoms with Crippen LogP contribution in [-0.4, -0.2) is 43.6 Å². The Bertz CT molecular complexity index is 1520. The van der Waals surface area contributed by atoms with E-state index in [0.29, 0.717) is 5.56 Å². The number of pyridine rings is 1. The predicted molar refractivity (Wildman–Crippen MR) is 117 cm³/mol. The molecule has 4 aromatic rings. The van der Waals surface area contributed by atoms with E-state index in [1.165, 1.54) is 31.5 Å². The summed E-state index contributed by atoms with van der Waals surface area (Å²) < 4.78 is 33.2. The maximum absolute atomic E-state index is 13.4. The molecule has 174 valence electrons. The van der Waals surface area contributed by atoms with Crippen LogP contribution in [0.2, 0.25) is 5.02 Å². The summed E-state index contributed by atoms with van der Waals surface area (Å²) in [5, 5.41) is 16.8. The number of halogens is 3. The lowest BCUT2D eigenvalue weighted by molar-refractivity contribution is -0.129. The molecule has 0 radical (unpaired) electrons. The number of oxime groups is 1. The van der Waals surface area contributed by atoms with Crippen LogP contribution in [0, 0.1) is 6.92 Å². The molecule has 0 aliphatic heterocycles. The molecular weight excluding hydrogens is 476 g/mol. The second kappa shape index (κ2) is 8.98. The first kappa shape index (κ1) is 23.0. The summed E-state index contributed by atoms with van der Waals surface area (Å²) in [5.74, 6) is -1.65. The van der Waals surface area contributed by atoms with Gasteiger partial charge in [-0.2, -0.15) is 5.10 Å². The summed E-state index contributed by atoms with van der Waals surface area (Å²) in [5.41, 5.74) is -1.34. The Balaban J connectivity index is 1.96. The Morgan fingerprint density at radius 1 is 1.32 bits per heavy atom. The number of hydrogen-bond acceptors (Lipinski definition) is 8. The molecule has 0 fully saturated rings. The summed E-state index contributed by atoms with van der Waals surface area (Å²) in [6.45, 7) is 1.59. The van der Waals surface area contributed by atoms with Crippen LogP contribution in [0.4, 0.5) is 8.78 Å². The third-order valence-corrected chi connectivity index (χ3v) is 4.99. The van der Waals surface area contributed by atoms with Crippen molar-refractivity contribution >= 4 is 34.2 Å². The SMILES string of the molecule is CO/N=C(\C(=O)O)c1cc(C)c2nc(-c3cc(C(F)F)nn3-c3ncccc3Cl)oc(=O)c2c1. The predicted octanol–water partition coefficient (Wildman–Crippen LogP) is 3.77. The molecule has 0 saturated carbocycles. The number of nitrogens with zero attached hydrogens (tertiary/aromatic N) is 5. The maximum atomic E-state index is 13.4. The number of fused-ring (bicyclic) bond motifs is 1. The van der Waals surface area contributed by atoms with E-state index < -0.39 is 29.4 Å². The van der Waals surface area contributed by atoms with Gasteiger partial charge in [-0.25, -0.2) is 33.0 Å². The van der Waals surface area contributed by atoms with E-state index in [1.54, 1.807) is 13.0 Å². The Morgan fingerprint density at radius 2 is 2.09 bits per heavy atom. The van der Waals surface area contributed by atoms with Crippen molar-refractivity contribution < 1.29 is 27.9 Å². The van der Waals surface area contributed by atoms with Gasteiger partial charge in [-0.1, -0.05) is 16.8 Å². The molecule has 0 saturated heterocycles. The molecule has 0 amide bonds. The van der Waals surface area contributed by atoms with E-state index in [2.05, 4.69) is 25.1 Å². The van der Waals surface area contributed by atoms with Crippen molar-refractivity contribution in [2.75, 3.05) is 7.11 Å². The zero-order chi connectivity index (χ0) is 24.6. The Kier molecular flexibility index (Phi) is 6.07. The van der Waals surface area contributed by atoms with Gasteiger partial charge in [0.05, 0.1) is 15.9 Å². The minimum Gasteiger partial charge on any atom is -0.476 e. The van der Waals surface area contributed by atoms with Crippen LogP contribution in [-0.2, 0) is 9.63 Å². The van der Waals surface area contributed by atoms with Crippen molar-refractivity contribution in [1.29, 1.82) is 0 Å². The summed E-state index contributed by atoms with van der Waals surface area (Å²) in [6, 6.07) is 6.76. The molecule has 34 heavy (non-hydrogen) atoms. The number of aliphatic carboxylic acids is 1. The second-order valence-corrected chi connectivity index (χ2v) is 7.31. The van der Waals surface area contributed by atoms with Crippen LogP contribution in [0.5, 0.6) is 0 Å². The first-order valence-corrected chi connectivity index (χ1v) is 9.88. The van der Waals surface area contributed by atoms with Gasteiger partial charge in [-0.15, -0.1) is 0 Å². The zero-order valence-electron chi connectivity index (χ0n) is 17.5. The van der Waals surface area contributed by atoms with Gasteiger partial charge in [0.1, 0.15) is 18.5 Å². The fourth-order valence-electron chi connectivity index (χ4n) is 3.26. The van der Waals surface area contributed by atoms with Gasteiger partial charge in [0.25, 0.3) is 6.43 Å². The van der Waals surface area contributed by atoms with Gasteiger partial charge in [0, 0.05) is 11.8 Å². The largest absolute Gasteiger partial charge is 0.476 e. The number of alkyl halides is 2. The van der Waals surface area contributed by atoms with Crippen molar-refractivity contribution in [3.05, 3.63) is 68.8 Å². The van der Waals surface area contributed by atoms with E-state index in [1.807, 2.05) is 0 Å². The van der Waals surface area contributed by atoms with E-state index in [4.69, 9.17) is 16.0 Å². The van der Waals surface area contributed by atoms with E-state index in [9.17, 15) is 23.5 Å². The molecule has 1 N–H and O–H groups in total. The lowest BCUT2D eigenvalue weighted by atomic mass is 10.0. The smallest absolute Gasteiger partial charge is 0.358 e. The van der Waals surface area contributed by atoms with Crippen molar-refractivity contribution in [2.24, 2.45) is 5.16 Å². The quantitative estimate of drug-likeness (QED) is 0.319. The monoisotopic (exact) mass is 489 g/mol. The highest BCUT2D eigenvalue weighted by Crippen LogP contribution is 2.30. The van der Waals surface area contributed by atoms with Crippen molar-refractivity contribution in [3.8, 4) is 17.4 Å². The van der Waals surface area contributed by atoms with Gasteiger partial charge in [0.15, 0.2) is 11.5 Å². The molecule has 0 unspecified atom stereocenters. The molecule has 13 heteroatoms. The highest BCUT2D eigenvalue weighted by Gasteiger charge is 2.24. The van der Waals surface area contributed by atoms with E-state index >= 15 is 0 Å². The first-order chi connectivity index (χ1) is 16.2. The van der Waals surface area contributed by atoms with Crippen LogP contribution in [0.1, 0.15) is 23.2 Å². The molecule has 3 heterocycles. The second-order valence-electron chi connectivity index (χ2n) is 6.90. The lowest BCUT2D eigenvalue weighted by Crippen LogP contribution is -2.16.